The highest BCUT2D eigenvalue weighted by Crippen LogP contribution is 2.34. The summed E-state index contributed by atoms with van der Waals surface area (Å²) in [6, 6.07) is 12.2. The molecule has 4 rings (SSSR count). The SMILES string of the molecule is Cc1cc(C)c2[nH]ccc2c1CN1CCCC[C@H]1c1ccc(C(=O)O)cc1. The predicted molar refractivity (Wildman–Crippen MR) is 108 cm³/mol. The average molecular weight is 362 g/mol. The molecule has 1 atom stereocenters. The fourth-order valence-corrected chi connectivity index (χ4v) is 4.46. The first-order valence-electron chi connectivity index (χ1n) is 9.68. The maximum atomic E-state index is 11.1. The average Bonchev–Trinajstić information content (AvgIpc) is 3.16. The third-order valence-corrected chi connectivity index (χ3v) is 5.89. The van der Waals surface area contributed by atoms with Gasteiger partial charge in [-0.15, -0.1) is 0 Å². The second kappa shape index (κ2) is 7.20. The van der Waals surface area contributed by atoms with E-state index in [4.69, 9.17) is 5.11 Å². The standard InChI is InChI=1S/C23H26N2O2/c1-15-13-16(2)22-19(10-11-24-22)20(15)14-25-12-4-3-5-21(25)17-6-8-18(9-7-17)23(26)27/h6-11,13,21,24H,3-5,12,14H2,1-2H3,(H,26,27)/t21-/m0/s1. The van der Waals surface area contributed by atoms with E-state index in [1.54, 1.807) is 12.1 Å². The van der Waals surface area contributed by atoms with Gasteiger partial charge in [-0.1, -0.05) is 24.6 Å². The van der Waals surface area contributed by atoms with Crippen molar-refractivity contribution in [3.05, 3.63) is 70.4 Å². The lowest BCUT2D eigenvalue weighted by molar-refractivity contribution is 0.0696. The number of carboxylic acid groups (broad SMARTS) is 1. The maximum Gasteiger partial charge on any atom is 0.335 e. The Kier molecular flexibility index (Phi) is 4.75. The van der Waals surface area contributed by atoms with Crippen LogP contribution in [0.2, 0.25) is 0 Å². The minimum atomic E-state index is -0.868. The van der Waals surface area contributed by atoms with Gasteiger partial charge in [0.15, 0.2) is 0 Å². The minimum Gasteiger partial charge on any atom is -0.478 e. The molecule has 0 spiro atoms. The van der Waals surface area contributed by atoms with E-state index in [1.165, 1.54) is 46.0 Å². The minimum absolute atomic E-state index is 0.344. The van der Waals surface area contributed by atoms with E-state index in [0.717, 1.165) is 19.5 Å². The zero-order valence-corrected chi connectivity index (χ0v) is 16.0. The van der Waals surface area contributed by atoms with Crippen LogP contribution in [0.25, 0.3) is 10.9 Å². The van der Waals surface area contributed by atoms with Crippen LogP contribution in [0.15, 0.2) is 42.6 Å². The van der Waals surface area contributed by atoms with Crippen molar-refractivity contribution in [1.29, 1.82) is 0 Å². The molecule has 2 N–H and O–H groups in total. The summed E-state index contributed by atoms with van der Waals surface area (Å²) in [5, 5.41) is 10.5. The largest absolute Gasteiger partial charge is 0.478 e. The number of nitrogens with zero attached hydrogens (tertiary/aromatic N) is 1. The number of fused-ring (bicyclic) bond motifs is 1. The Morgan fingerprint density at radius 2 is 1.93 bits per heavy atom. The lowest BCUT2D eigenvalue weighted by Crippen LogP contribution is -2.33. The van der Waals surface area contributed by atoms with E-state index < -0.39 is 5.97 Å². The lowest BCUT2D eigenvalue weighted by Gasteiger charge is -2.36. The molecule has 1 fully saturated rings. The van der Waals surface area contributed by atoms with E-state index in [2.05, 4.69) is 35.9 Å². The number of aromatic amines is 1. The van der Waals surface area contributed by atoms with Crippen LogP contribution in [0, 0.1) is 13.8 Å². The van der Waals surface area contributed by atoms with Crippen molar-refractivity contribution in [3.8, 4) is 0 Å². The first-order chi connectivity index (χ1) is 13.0. The number of carbonyl (C=O) groups is 1. The summed E-state index contributed by atoms with van der Waals surface area (Å²) in [6.07, 6.45) is 5.58. The van der Waals surface area contributed by atoms with Gasteiger partial charge in [0.25, 0.3) is 0 Å². The number of aromatic nitrogens is 1. The summed E-state index contributed by atoms with van der Waals surface area (Å²) in [6.45, 7) is 6.36. The molecule has 0 aliphatic carbocycles. The molecule has 1 aliphatic heterocycles. The molecule has 2 heterocycles. The summed E-state index contributed by atoms with van der Waals surface area (Å²) in [4.78, 5) is 17.1. The smallest absolute Gasteiger partial charge is 0.335 e. The number of rotatable bonds is 4. The van der Waals surface area contributed by atoms with Crippen molar-refractivity contribution in [2.45, 2.75) is 45.7 Å². The molecule has 4 nitrogen and oxygen atoms in total. The summed E-state index contributed by atoms with van der Waals surface area (Å²) in [5.41, 5.74) is 6.82. The van der Waals surface area contributed by atoms with Gasteiger partial charge < -0.3 is 10.1 Å². The number of hydrogen-bond donors (Lipinski definition) is 2. The van der Waals surface area contributed by atoms with Crippen molar-refractivity contribution >= 4 is 16.9 Å². The zero-order chi connectivity index (χ0) is 19.0. The normalized spacial score (nSPS) is 18.1. The Morgan fingerprint density at radius 3 is 2.67 bits per heavy atom. The molecule has 140 valence electrons. The number of hydrogen-bond acceptors (Lipinski definition) is 2. The molecule has 3 aromatic rings. The Balaban J connectivity index is 1.66. The fourth-order valence-electron chi connectivity index (χ4n) is 4.46. The number of aromatic carboxylic acids is 1. The van der Waals surface area contributed by atoms with Crippen LogP contribution in [0.1, 0.15) is 57.9 Å². The van der Waals surface area contributed by atoms with Gasteiger partial charge in [-0.05, 0) is 73.7 Å². The summed E-state index contributed by atoms with van der Waals surface area (Å²) in [7, 11) is 0. The van der Waals surface area contributed by atoms with Crippen molar-refractivity contribution < 1.29 is 9.90 Å². The second-order valence-electron chi connectivity index (χ2n) is 7.66. The highest BCUT2D eigenvalue weighted by atomic mass is 16.4. The second-order valence-corrected chi connectivity index (χ2v) is 7.66. The first-order valence-corrected chi connectivity index (χ1v) is 9.68. The molecular weight excluding hydrogens is 336 g/mol. The van der Waals surface area contributed by atoms with Gasteiger partial charge in [-0.2, -0.15) is 0 Å². The number of piperidine rings is 1. The maximum absolute atomic E-state index is 11.1. The zero-order valence-electron chi connectivity index (χ0n) is 16.0. The molecular formula is C23H26N2O2. The van der Waals surface area contributed by atoms with E-state index >= 15 is 0 Å². The van der Waals surface area contributed by atoms with Gasteiger partial charge in [-0.3, -0.25) is 4.90 Å². The third-order valence-electron chi connectivity index (χ3n) is 5.89. The van der Waals surface area contributed by atoms with Crippen molar-refractivity contribution in [2.75, 3.05) is 6.54 Å². The highest BCUT2D eigenvalue weighted by molar-refractivity contribution is 5.88. The van der Waals surface area contributed by atoms with Gasteiger partial charge in [0.2, 0.25) is 0 Å². The topological polar surface area (TPSA) is 56.3 Å². The number of likely N-dealkylation sites (tertiary alicyclic amines) is 1. The molecule has 2 aromatic carbocycles. The quantitative estimate of drug-likeness (QED) is 0.670. The van der Waals surface area contributed by atoms with E-state index in [0.29, 0.717) is 11.6 Å². The molecule has 0 bridgehead atoms. The third kappa shape index (κ3) is 3.37. The van der Waals surface area contributed by atoms with Gasteiger partial charge in [0.1, 0.15) is 0 Å². The Morgan fingerprint density at radius 1 is 1.15 bits per heavy atom. The molecule has 1 aliphatic rings. The van der Waals surface area contributed by atoms with Gasteiger partial charge >= 0.3 is 5.97 Å². The molecule has 27 heavy (non-hydrogen) atoms. The van der Waals surface area contributed by atoms with E-state index in [-0.39, 0.29) is 0 Å². The summed E-state index contributed by atoms with van der Waals surface area (Å²) >= 11 is 0. The van der Waals surface area contributed by atoms with Gasteiger partial charge in [0.05, 0.1) is 5.56 Å². The fraction of sp³-hybridized carbons (Fsp3) is 0.348. The number of aryl methyl sites for hydroxylation is 2. The molecule has 1 aromatic heterocycles. The molecule has 0 amide bonds. The predicted octanol–water partition coefficient (Wildman–Crippen LogP) is 5.21. The van der Waals surface area contributed by atoms with Crippen LogP contribution in [0.4, 0.5) is 0 Å². The number of carboxylic acids is 1. The highest BCUT2D eigenvalue weighted by Gasteiger charge is 2.25. The van der Waals surface area contributed by atoms with Crippen LogP contribution < -0.4 is 0 Å². The van der Waals surface area contributed by atoms with Crippen LogP contribution in [0.5, 0.6) is 0 Å². The molecule has 0 unspecified atom stereocenters. The molecule has 4 heteroatoms. The Hall–Kier alpha value is -2.59. The number of nitrogens with one attached hydrogen (secondary N) is 1. The summed E-state index contributed by atoms with van der Waals surface area (Å²) in [5.74, 6) is -0.868. The molecule has 0 saturated carbocycles. The van der Waals surface area contributed by atoms with Crippen LogP contribution in [-0.4, -0.2) is 27.5 Å². The van der Waals surface area contributed by atoms with Gasteiger partial charge in [0, 0.05) is 29.7 Å². The van der Waals surface area contributed by atoms with Gasteiger partial charge in [-0.25, -0.2) is 4.79 Å². The molecule has 0 radical (unpaired) electrons. The van der Waals surface area contributed by atoms with Crippen molar-refractivity contribution in [3.63, 3.8) is 0 Å². The van der Waals surface area contributed by atoms with Crippen LogP contribution >= 0.6 is 0 Å². The van der Waals surface area contributed by atoms with Crippen molar-refractivity contribution in [2.24, 2.45) is 0 Å². The Bertz CT molecular complexity index is 972. The number of H-pyrrole nitrogens is 1. The van der Waals surface area contributed by atoms with E-state index in [9.17, 15) is 4.79 Å². The summed E-state index contributed by atoms with van der Waals surface area (Å²) < 4.78 is 0. The van der Waals surface area contributed by atoms with Crippen molar-refractivity contribution in [1.82, 2.24) is 9.88 Å². The number of benzene rings is 2. The lowest BCUT2D eigenvalue weighted by atomic mass is 9.92. The Labute approximate surface area is 159 Å². The van der Waals surface area contributed by atoms with Crippen LogP contribution in [0.3, 0.4) is 0 Å². The van der Waals surface area contributed by atoms with Crippen LogP contribution in [-0.2, 0) is 6.54 Å². The first kappa shape index (κ1) is 17.8. The van der Waals surface area contributed by atoms with E-state index in [1.807, 2.05) is 18.3 Å². The molecule has 1 saturated heterocycles. The monoisotopic (exact) mass is 362 g/mol.